The lowest BCUT2D eigenvalue weighted by molar-refractivity contribution is 0.0139. The normalized spacial score (nSPS) is 27.7. The van der Waals surface area contributed by atoms with Crippen LogP contribution < -0.4 is 5.73 Å². The van der Waals surface area contributed by atoms with Crippen LogP contribution >= 0.6 is 0 Å². The van der Waals surface area contributed by atoms with E-state index in [1.165, 1.54) is 4.90 Å². The highest BCUT2D eigenvalue weighted by molar-refractivity contribution is 5.68. The Morgan fingerprint density at radius 3 is 2.60 bits per heavy atom. The lowest BCUT2D eigenvalue weighted by Crippen LogP contribution is -2.52. The van der Waals surface area contributed by atoms with Gasteiger partial charge in [0.1, 0.15) is 11.8 Å². The fraction of sp³-hybridized carbons (Fsp3) is 0.900. The number of hydrogen-bond acceptors (Lipinski definition) is 3. The Balaban J connectivity index is 2.48. The van der Waals surface area contributed by atoms with Gasteiger partial charge in [-0.1, -0.05) is 0 Å². The van der Waals surface area contributed by atoms with Gasteiger partial charge in [0.25, 0.3) is 0 Å². The molecule has 2 atom stereocenters. The highest BCUT2D eigenvalue weighted by Crippen LogP contribution is 2.16. The zero-order chi connectivity index (χ0) is 11.6. The van der Waals surface area contributed by atoms with Crippen LogP contribution in [0.3, 0.4) is 0 Å². The lowest BCUT2D eigenvalue weighted by Gasteiger charge is -2.34. The summed E-state index contributed by atoms with van der Waals surface area (Å²) in [6.45, 7) is 6.01. The molecule has 1 rings (SSSR count). The van der Waals surface area contributed by atoms with E-state index in [2.05, 4.69) is 0 Å². The molecule has 15 heavy (non-hydrogen) atoms. The first-order valence-electron chi connectivity index (χ1n) is 5.17. The van der Waals surface area contributed by atoms with Gasteiger partial charge in [0.2, 0.25) is 0 Å². The van der Waals surface area contributed by atoms with Crippen LogP contribution in [0.5, 0.6) is 0 Å². The van der Waals surface area contributed by atoms with E-state index in [0.29, 0.717) is 13.0 Å². The second-order valence-corrected chi connectivity index (χ2v) is 4.89. The van der Waals surface area contributed by atoms with Crippen molar-refractivity contribution in [1.82, 2.24) is 4.90 Å². The van der Waals surface area contributed by atoms with Gasteiger partial charge in [-0.25, -0.2) is 9.18 Å². The zero-order valence-electron chi connectivity index (χ0n) is 9.50. The van der Waals surface area contributed by atoms with Gasteiger partial charge in [-0.3, -0.25) is 0 Å². The summed E-state index contributed by atoms with van der Waals surface area (Å²) in [6, 6.07) is -0.591. The summed E-state index contributed by atoms with van der Waals surface area (Å²) < 4.78 is 18.2. The number of amides is 1. The Hall–Kier alpha value is -0.840. The number of likely N-dealkylation sites (tertiary alicyclic amines) is 1. The highest BCUT2D eigenvalue weighted by Gasteiger charge is 2.31. The van der Waals surface area contributed by atoms with Crippen molar-refractivity contribution in [2.75, 3.05) is 13.1 Å². The van der Waals surface area contributed by atoms with Crippen molar-refractivity contribution in [3.63, 3.8) is 0 Å². The standard InChI is InChI=1S/C10H19FN2O2/c1-10(2,3)15-9(14)13-5-4-7(11)8(12)6-13/h7-8H,4-6,12H2,1-3H3/t7-,8-/m1/s1. The molecule has 5 heteroatoms. The largest absolute Gasteiger partial charge is 0.444 e. The minimum Gasteiger partial charge on any atom is -0.444 e. The fourth-order valence-corrected chi connectivity index (χ4v) is 1.45. The van der Waals surface area contributed by atoms with Gasteiger partial charge in [-0.05, 0) is 27.2 Å². The molecule has 88 valence electrons. The number of halogens is 1. The maximum absolute atomic E-state index is 13.0. The van der Waals surface area contributed by atoms with Gasteiger partial charge in [0.05, 0.1) is 6.04 Å². The Bertz CT molecular complexity index is 240. The first-order valence-corrected chi connectivity index (χ1v) is 5.17. The number of nitrogens with zero attached hydrogens (tertiary/aromatic N) is 1. The average molecular weight is 218 g/mol. The number of carbonyl (C=O) groups is 1. The maximum Gasteiger partial charge on any atom is 0.410 e. The lowest BCUT2D eigenvalue weighted by atomic mass is 10.1. The summed E-state index contributed by atoms with van der Waals surface area (Å²) in [5.41, 5.74) is 5.03. The Kier molecular flexibility index (Phi) is 3.54. The predicted molar refractivity (Wildman–Crippen MR) is 55.3 cm³/mol. The van der Waals surface area contributed by atoms with Gasteiger partial charge >= 0.3 is 6.09 Å². The molecular formula is C10H19FN2O2. The molecule has 0 spiro atoms. The molecule has 1 amide bonds. The number of alkyl halides is 1. The van der Waals surface area contributed by atoms with Crippen LogP contribution in [-0.4, -0.2) is 41.9 Å². The number of ether oxygens (including phenoxy) is 1. The van der Waals surface area contributed by atoms with E-state index in [-0.39, 0.29) is 6.54 Å². The van der Waals surface area contributed by atoms with E-state index in [1.807, 2.05) is 0 Å². The molecule has 1 heterocycles. The summed E-state index contributed by atoms with van der Waals surface area (Å²) in [6.07, 6.45) is -1.13. The molecule has 0 aromatic rings. The highest BCUT2D eigenvalue weighted by atomic mass is 19.1. The Morgan fingerprint density at radius 1 is 1.53 bits per heavy atom. The smallest absolute Gasteiger partial charge is 0.410 e. The molecule has 0 aromatic carbocycles. The van der Waals surface area contributed by atoms with Gasteiger partial charge in [-0.2, -0.15) is 0 Å². The third-order valence-electron chi connectivity index (χ3n) is 2.22. The molecule has 0 aromatic heterocycles. The SMILES string of the molecule is CC(C)(C)OC(=O)N1CC[C@@H](F)[C@H](N)C1. The molecule has 4 nitrogen and oxygen atoms in total. The molecular weight excluding hydrogens is 199 g/mol. The molecule has 1 fully saturated rings. The second kappa shape index (κ2) is 4.35. The van der Waals surface area contributed by atoms with E-state index in [1.54, 1.807) is 20.8 Å². The number of hydrogen-bond donors (Lipinski definition) is 1. The molecule has 2 N–H and O–H groups in total. The number of carbonyl (C=O) groups excluding carboxylic acids is 1. The molecule has 1 saturated heterocycles. The van der Waals surface area contributed by atoms with Crippen LogP contribution in [0.15, 0.2) is 0 Å². The van der Waals surface area contributed by atoms with Crippen molar-refractivity contribution >= 4 is 6.09 Å². The quantitative estimate of drug-likeness (QED) is 0.666. The van der Waals surface area contributed by atoms with Crippen molar-refractivity contribution in [2.24, 2.45) is 5.73 Å². The monoisotopic (exact) mass is 218 g/mol. The second-order valence-electron chi connectivity index (χ2n) is 4.89. The van der Waals surface area contributed by atoms with Crippen LogP contribution in [0.4, 0.5) is 9.18 Å². The zero-order valence-corrected chi connectivity index (χ0v) is 9.50. The number of nitrogens with two attached hydrogens (primary N) is 1. The summed E-state index contributed by atoms with van der Waals surface area (Å²) in [7, 11) is 0. The van der Waals surface area contributed by atoms with Crippen LogP contribution in [0.1, 0.15) is 27.2 Å². The van der Waals surface area contributed by atoms with E-state index in [4.69, 9.17) is 10.5 Å². The molecule has 1 aliphatic rings. The summed E-state index contributed by atoms with van der Waals surface area (Å²) in [5.74, 6) is 0. The average Bonchev–Trinajstić information content (AvgIpc) is 2.06. The van der Waals surface area contributed by atoms with Crippen molar-refractivity contribution in [2.45, 2.75) is 45.0 Å². The van der Waals surface area contributed by atoms with E-state index >= 15 is 0 Å². The van der Waals surface area contributed by atoms with Crippen LogP contribution in [-0.2, 0) is 4.74 Å². The molecule has 1 aliphatic heterocycles. The summed E-state index contributed by atoms with van der Waals surface area (Å²) >= 11 is 0. The van der Waals surface area contributed by atoms with Crippen molar-refractivity contribution in [3.8, 4) is 0 Å². The van der Waals surface area contributed by atoms with Crippen LogP contribution in [0.25, 0.3) is 0 Å². The van der Waals surface area contributed by atoms with E-state index in [0.717, 1.165) is 0 Å². The van der Waals surface area contributed by atoms with Gasteiger partial charge in [0.15, 0.2) is 0 Å². The van der Waals surface area contributed by atoms with Gasteiger partial charge < -0.3 is 15.4 Å². The van der Waals surface area contributed by atoms with Crippen molar-refractivity contribution in [1.29, 1.82) is 0 Å². The number of rotatable bonds is 0. The molecule has 0 saturated carbocycles. The van der Waals surface area contributed by atoms with Crippen LogP contribution in [0.2, 0.25) is 0 Å². The molecule has 0 aliphatic carbocycles. The third-order valence-corrected chi connectivity index (χ3v) is 2.22. The van der Waals surface area contributed by atoms with E-state index < -0.39 is 23.9 Å². The van der Waals surface area contributed by atoms with Crippen molar-refractivity contribution in [3.05, 3.63) is 0 Å². The van der Waals surface area contributed by atoms with Crippen LogP contribution in [0, 0.1) is 0 Å². The Labute approximate surface area is 89.6 Å². The van der Waals surface area contributed by atoms with Gasteiger partial charge in [0, 0.05) is 13.1 Å². The maximum atomic E-state index is 13.0. The van der Waals surface area contributed by atoms with E-state index in [9.17, 15) is 9.18 Å². The van der Waals surface area contributed by atoms with Crippen molar-refractivity contribution < 1.29 is 13.9 Å². The molecule has 0 unspecified atom stereocenters. The minimum absolute atomic E-state index is 0.232. The molecule has 0 radical (unpaired) electrons. The minimum atomic E-state index is -1.01. The Morgan fingerprint density at radius 2 is 2.13 bits per heavy atom. The first kappa shape index (κ1) is 12.2. The predicted octanol–water partition coefficient (Wildman–Crippen LogP) is 1.29. The fourth-order valence-electron chi connectivity index (χ4n) is 1.45. The number of piperidine rings is 1. The van der Waals surface area contributed by atoms with Gasteiger partial charge in [-0.15, -0.1) is 0 Å². The summed E-state index contributed by atoms with van der Waals surface area (Å²) in [4.78, 5) is 13.1. The first-order chi connectivity index (χ1) is 6.79. The summed E-state index contributed by atoms with van der Waals surface area (Å²) in [5, 5.41) is 0. The third kappa shape index (κ3) is 3.66. The topological polar surface area (TPSA) is 55.6 Å². The molecule has 0 bridgehead atoms.